The summed E-state index contributed by atoms with van der Waals surface area (Å²) < 4.78 is 13.1. The minimum atomic E-state index is -0.656. The summed E-state index contributed by atoms with van der Waals surface area (Å²) in [5.74, 6) is 0.995. The summed E-state index contributed by atoms with van der Waals surface area (Å²) in [5, 5.41) is 13.6. The maximum atomic E-state index is 13.1. The Morgan fingerprint density at radius 3 is 2.95 bits per heavy atom. The van der Waals surface area contributed by atoms with Crippen LogP contribution >= 0.6 is 0 Å². The van der Waals surface area contributed by atoms with Crippen molar-refractivity contribution < 1.29 is 9.50 Å². The van der Waals surface area contributed by atoms with Crippen molar-refractivity contribution in [1.82, 2.24) is 9.97 Å². The zero-order valence-corrected chi connectivity index (χ0v) is 11.6. The second-order valence-electron chi connectivity index (χ2n) is 6.01. The predicted molar refractivity (Wildman–Crippen MR) is 77.1 cm³/mol. The second kappa shape index (κ2) is 5.05. The van der Waals surface area contributed by atoms with Gasteiger partial charge in [0.25, 0.3) is 0 Å². The minimum absolute atomic E-state index is 0.285. The van der Waals surface area contributed by atoms with E-state index in [9.17, 15) is 9.50 Å². The van der Waals surface area contributed by atoms with Crippen LogP contribution in [-0.2, 0) is 0 Å². The first-order valence-corrected chi connectivity index (χ1v) is 7.16. The molecule has 0 unspecified atom stereocenters. The molecule has 5 heteroatoms. The van der Waals surface area contributed by atoms with Crippen LogP contribution in [0.25, 0.3) is 11.0 Å². The Hall–Kier alpha value is -1.62. The molecule has 0 atom stereocenters. The normalized spacial score (nSPS) is 26.9. The maximum absolute atomic E-state index is 13.1. The van der Waals surface area contributed by atoms with E-state index in [0.29, 0.717) is 23.9 Å². The predicted octanol–water partition coefficient (Wildman–Crippen LogP) is 3.06. The highest BCUT2D eigenvalue weighted by Gasteiger charge is 2.31. The summed E-state index contributed by atoms with van der Waals surface area (Å²) in [6.45, 7) is 2.70. The first kappa shape index (κ1) is 13.4. The SMILES string of the molecule is CC1CCC(O)(CNc2nc3ccc(F)cc3[nH]2)CC1. The highest BCUT2D eigenvalue weighted by atomic mass is 19.1. The van der Waals surface area contributed by atoms with E-state index in [-0.39, 0.29) is 5.82 Å². The molecular weight excluding hydrogens is 257 g/mol. The van der Waals surface area contributed by atoms with Gasteiger partial charge in [-0.25, -0.2) is 9.37 Å². The first-order chi connectivity index (χ1) is 9.54. The third-order valence-electron chi connectivity index (χ3n) is 4.23. The summed E-state index contributed by atoms with van der Waals surface area (Å²) in [7, 11) is 0. The molecule has 1 aliphatic carbocycles. The summed E-state index contributed by atoms with van der Waals surface area (Å²) >= 11 is 0. The van der Waals surface area contributed by atoms with Crippen molar-refractivity contribution in [2.45, 2.75) is 38.2 Å². The number of halogens is 1. The molecule has 0 bridgehead atoms. The van der Waals surface area contributed by atoms with E-state index in [0.717, 1.165) is 31.2 Å². The van der Waals surface area contributed by atoms with E-state index in [1.807, 2.05) is 0 Å². The molecule has 0 aliphatic heterocycles. The molecular formula is C15H20FN3O. The van der Waals surface area contributed by atoms with Crippen molar-refractivity contribution in [2.24, 2.45) is 5.92 Å². The van der Waals surface area contributed by atoms with E-state index in [1.165, 1.54) is 12.1 Å². The first-order valence-electron chi connectivity index (χ1n) is 7.16. The van der Waals surface area contributed by atoms with Gasteiger partial charge in [0.15, 0.2) is 0 Å². The van der Waals surface area contributed by atoms with Crippen molar-refractivity contribution in [2.75, 3.05) is 11.9 Å². The van der Waals surface area contributed by atoms with Crippen LogP contribution in [0.5, 0.6) is 0 Å². The van der Waals surface area contributed by atoms with Crippen LogP contribution in [0.1, 0.15) is 32.6 Å². The van der Waals surface area contributed by atoms with Crippen LogP contribution in [0.15, 0.2) is 18.2 Å². The summed E-state index contributed by atoms with van der Waals surface area (Å²) in [5.41, 5.74) is 0.728. The van der Waals surface area contributed by atoms with E-state index >= 15 is 0 Å². The van der Waals surface area contributed by atoms with Crippen LogP contribution in [0.4, 0.5) is 10.3 Å². The number of aliphatic hydroxyl groups is 1. The molecule has 0 spiro atoms. The number of aromatic amines is 1. The number of anilines is 1. The molecule has 1 aromatic carbocycles. The molecule has 1 aromatic heterocycles. The number of aromatic nitrogens is 2. The fourth-order valence-corrected chi connectivity index (χ4v) is 2.79. The monoisotopic (exact) mass is 277 g/mol. The molecule has 4 nitrogen and oxygen atoms in total. The topological polar surface area (TPSA) is 60.9 Å². The Morgan fingerprint density at radius 1 is 1.45 bits per heavy atom. The van der Waals surface area contributed by atoms with E-state index in [2.05, 4.69) is 22.2 Å². The van der Waals surface area contributed by atoms with Crippen LogP contribution < -0.4 is 5.32 Å². The Kier molecular flexibility index (Phi) is 3.38. The Balaban J connectivity index is 1.67. The fourth-order valence-electron chi connectivity index (χ4n) is 2.79. The van der Waals surface area contributed by atoms with Gasteiger partial charge < -0.3 is 15.4 Å². The molecule has 1 fully saturated rings. The van der Waals surface area contributed by atoms with Gasteiger partial charge in [-0.2, -0.15) is 0 Å². The van der Waals surface area contributed by atoms with E-state index < -0.39 is 5.60 Å². The van der Waals surface area contributed by atoms with Crippen molar-refractivity contribution >= 4 is 17.0 Å². The number of hydrogen-bond donors (Lipinski definition) is 3. The van der Waals surface area contributed by atoms with E-state index in [1.54, 1.807) is 6.07 Å². The number of hydrogen-bond acceptors (Lipinski definition) is 3. The summed E-state index contributed by atoms with van der Waals surface area (Å²) in [4.78, 5) is 7.37. The highest BCUT2D eigenvalue weighted by Crippen LogP contribution is 2.31. The molecule has 0 radical (unpaired) electrons. The lowest BCUT2D eigenvalue weighted by atomic mass is 9.79. The minimum Gasteiger partial charge on any atom is -0.388 e. The molecule has 1 saturated carbocycles. The van der Waals surface area contributed by atoms with Gasteiger partial charge in [0.1, 0.15) is 5.82 Å². The van der Waals surface area contributed by atoms with Gasteiger partial charge in [-0.1, -0.05) is 6.92 Å². The third-order valence-corrected chi connectivity index (χ3v) is 4.23. The average Bonchev–Trinajstić information content (AvgIpc) is 2.82. The van der Waals surface area contributed by atoms with Crippen molar-refractivity contribution in [3.63, 3.8) is 0 Å². The molecule has 20 heavy (non-hydrogen) atoms. The zero-order valence-electron chi connectivity index (χ0n) is 11.6. The van der Waals surface area contributed by atoms with Gasteiger partial charge in [0, 0.05) is 6.54 Å². The van der Waals surface area contributed by atoms with Crippen molar-refractivity contribution in [1.29, 1.82) is 0 Å². The van der Waals surface area contributed by atoms with Crippen LogP contribution in [-0.4, -0.2) is 27.2 Å². The lowest BCUT2D eigenvalue weighted by molar-refractivity contribution is 0.00489. The van der Waals surface area contributed by atoms with Gasteiger partial charge >= 0.3 is 0 Å². The zero-order chi connectivity index (χ0) is 14.2. The standard InChI is InChI=1S/C15H20FN3O/c1-10-4-6-15(20,7-5-10)9-17-14-18-12-3-2-11(16)8-13(12)19-14/h2-3,8,10,20H,4-7,9H2,1H3,(H2,17,18,19). The molecule has 108 valence electrons. The van der Waals surface area contributed by atoms with Gasteiger partial charge in [-0.15, -0.1) is 0 Å². The van der Waals surface area contributed by atoms with Gasteiger partial charge in [0.05, 0.1) is 16.6 Å². The summed E-state index contributed by atoms with van der Waals surface area (Å²) in [6.07, 6.45) is 3.75. The quantitative estimate of drug-likeness (QED) is 0.808. The summed E-state index contributed by atoms with van der Waals surface area (Å²) in [6, 6.07) is 4.46. The number of imidazole rings is 1. The lowest BCUT2D eigenvalue weighted by Gasteiger charge is -2.34. The van der Waals surface area contributed by atoms with Gasteiger partial charge in [0.2, 0.25) is 5.95 Å². The second-order valence-corrected chi connectivity index (χ2v) is 6.01. The average molecular weight is 277 g/mol. The molecule has 0 saturated heterocycles. The number of H-pyrrole nitrogens is 1. The number of nitrogens with one attached hydrogen (secondary N) is 2. The Bertz CT molecular complexity index is 602. The number of rotatable bonds is 3. The molecule has 1 aliphatic rings. The molecule has 1 heterocycles. The molecule has 0 amide bonds. The fraction of sp³-hybridized carbons (Fsp3) is 0.533. The maximum Gasteiger partial charge on any atom is 0.201 e. The smallest absolute Gasteiger partial charge is 0.201 e. The van der Waals surface area contributed by atoms with Crippen LogP contribution in [0.3, 0.4) is 0 Å². The highest BCUT2D eigenvalue weighted by molar-refractivity contribution is 5.77. The Labute approximate surface area is 117 Å². The van der Waals surface area contributed by atoms with Crippen LogP contribution in [0.2, 0.25) is 0 Å². The van der Waals surface area contributed by atoms with Gasteiger partial charge in [-0.05, 0) is 49.8 Å². The lowest BCUT2D eigenvalue weighted by Crippen LogP contribution is -2.40. The van der Waals surface area contributed by atoms with Crippen molar-refractivity contribution in [3.05, 3.63) is 24.0 Å². The number of nitrogens with zero attached hydrogens (tertiary/aromatic N) is 1. The number of fused-ring (bicyclic) bond motifs is 1. The van der Waals surface area contributed by atoms with Crippen molar-refractivity contribution in [3.8, 4) is 0 Å². The number of benzene rings is 1. The largest absolute Gasteiger partial charge is 0.388 e. The van der Waals surface area contributed by atoms with E-state index in [4.69, 9.17) is 0 Å². The molecule has 3 rings (SSSR count). The molecule has 2 aromatic rings. The molecule has 3 N–H and O–H groups in total. The Morgan fingerprint density at radius 2 is 2.20 bits per heavy atom. The third kappa shape index (κ3) is 2.77. The van der Waals surface area contributed by atoms with Crippen LogP contribution in [0, 0.1) is 11.7 Å². The van der Waals surface area contributed by atoms with Gasteiger partial charge in [-0.3, -0.25) is 0 Å².